The van der Waals surface area contributed by atoms with Gasteiger partial charge in [0.15, 0.2) is 0 Å². The second kappa shape index (κ2) is 6.99. The van der Waals surface area contributed by atoms with E-state index < -0.39 is 30.6 Å². The second-order valence-electron chi connectivity index (χ2n) is 5.32. The van der Waals surface area contributed by atoms with Crippen LogP contribution in [0.5, 0.6) is 0 Å². The lowest BCUT2D eigenvalue weighted by atomic mass is 10.1. The molecule has 2 amide bonds. The van der Waals surface area contributed by atoms with E-state index in [4.69, 9.17) is 0 Å². The number of amides is 2. The van der Waals surface area contributed by atoms with E-state index in [1.807, 2.05) is 0 Å². The van der Waals surface area contributed by atoms with Gasteiger partial charge in [0.2, 0.25) is 5.91 Å². The maximum absolute atomic E-state index is 13.3. The van der Waals surface area contributed by atoms with E-state index in [1.54, 1.807) is 30.3 Å². The van der Waals surface area contributed by atoms with Crippen molar-refractivity contribution in [1.29, 1.82) is 0 Å². The van der Waals surface area contributed by atoms with Gasteiger partial charge in [-0.15, -0.1) is 0 Å². The highest BCUT2D eigenvalue weighted by molar-refractivity contribution is 5.93. The molecule has 1 atom stereocenters. The normalized spacial score (nSPS) is 16.6. The molecule has 8 heteroatoms. The number of imide groups is 1. The Morgan fingerprint density at radius 2 is 2.00 bits per heavy atom. The molecule has 0 aromatic heterocycles. The zero-order valence-electron chi connectivity index (χ0n) is 12.5. The molecule has 1 aliphatic heterocycles. The fourth-order valence-corrected chi connectivity index (χ4v) is 2.40. The Labute approximate surface area is 131 Å². The molecule has 0 N–H and O–H groups in total. The van der Waals surface area contributed by atoms with Gasteiger partial charge in [0.25, 0.3) is 0 Å². The summed E-state index contributed by atoms with van der Waals surface area (Å²) in [5, 5.41) is 0. The maximum atomic E-state index is 13.3. The molecule has 1 unspecified atom stereocenters. The number of nitrogens with zero attached hydrogens (tertiary/aromatic N) is 2. The Morgan fingerprint density at radius 3 is 2.52 bits per heavy atom. The molecular weight excluding hydrogens is 313 g/mol. The summed E-state index contributed by atoms with van der Waals surface area (Å²) in [6.45, 7) is 0.0501. The minimum Gasteiger partial charge on any atom is -0.447 e. The van der Waals surface area contributed by atoms with Gasteiger partial charge in [0.05, 0.1) is 13.0 Å². The van der Waals surface area contributed by atoms with Gasteiger partial charge in [-0.3, -0.25) is 9.69 Å². The Balaban J connectivity index is 2.07. The number of carbonyl (C=O) groups is 2. The quantitative estimate of drug-likeness (QED) is 0.832. The molecule has 1 heterocycles. The number of rotatable bonds is 5. The van der Waals surface area contributed by atoms with Crippen LogP contribution in [-0.2, 0) is 16.1 Å². The number of cyclic esters (lactones) is 1. The van der Waals surface area contributed by atoms with Crippen LogP contribution in [0, 0.1) is 0 Å². The van der Waals surface area contributed by atoms with Gasteiger partial charge in [-0.1, -0.05) is 30.3 Å². The van der Waals surface area contributed by atoms with Crippen LogP contribution in [0.2, 0.25) is 0 Å². The maximum Gasteiger partial charge on any atom is 0.416 e. The summed E-state index contributed by atoms with van der Waals surface area (Å²) in [5.41, 5.74) is 0.706. The molecular formula is C15H17F3N2O3. The third-order valence-corrected chi connectivity index (χ3v) is 3.61. The molecule has 1 aliphatic rings. The Kier molecular flexibility index (Phi) is 5.25. The van der Waals surface area contributed by atoms with Crippen molar-refractivity contribution in [2.45, 2.75) is 25.2 Å². The van der Waals surface area contributed by atoms with E-state index in [9.17, 15) is 22.8 Å². The Bertz CT molecular complexity index is 563. The number of carbonyl (C=O) groups excluding carboxylic acids is 2. The zero-order chi connectivity index (χ0) is 17.0. The van der Waals surface area contributed by atoms with Crippen LogP contribution in [-0.4, -0.2) is 54.2 Å². The van der Waals surface area contributed by atoms with E-state index in [-0.39, 0.29) is 19.7 Å². The summed E-state index contributed by atoms with van der Waals surface area (Å²) in [6, 6.07) is 6.69. The summed E-state index contributed by atoms with van der Waals surface area (Å²) in [5.74, 6) is -0.880. The fraction of sp³-hybridized carbons (Fsp3) is 0.467. The van der Waals surface area contributed by atoms with Crippen molar-refractivity contribution in [3.8, 4) is 0 Å². The molecule has 1 saturated heterocycles. The lowest BCUT2D eigenvalue weighted by Crippen LogP contribution is -2.47. The zero-order valence-corrected chi connectivity index (χ0v) is 12.5. The van der Waals surface area contributed by atoms with Crippen molar-refractivity contribution in [2.24, 2.45) is 0 Å². The molecule has 5 nitrogen and oxygen atoms in total. The SMILES string of the molecule is CN(Cc1ccccc1)C(CC(=O)N1CCOC1=O)C(F)(F)F. The third-order valence-electron chi connectivity index (χ3n) is 3.61. The first-order valence-electron chi connectivity index (χ1n) is 7.07. The van der Waals surface area contributed by atoms with E-state index >= 15 is 0 Å². The number of halogens is 3. The van der Waals surface area contributed by atoms with Gasteiger partial charge in [-0.05, 0) is 12.6 Å². The summed E-state index contributed by atoms with van der Waals surface area (Å²) in [7, 11) is 1.31. The van der Waals surface area contributed by atoms with Crippen molar-refractivity contribution in [3.05, 3.63) is 35.9 Å². The number of ether oxygens (including phenoxy) is 1. The summed E-state index contributed by atoms with van der Waals surface area (Å²) in [6.07, 6.45) is -6.29. The first kappa shape index (κ1) is 17.3. The van der Waals surface area contributed by atoms with Crippen LogP contribution in [0.3, 0.4) is 0 Å². The fourth-order valence-electron chi connectivity index (χ4n) is 2.40. The summed E-state index contributed by atoms with van der Waals surface area (Å²) >= 11 is 0. The van der Waals surface area contributed by atoms with Gasteiger partial charge in [0, 0.05) is 6.54 Å². The molecule has 0 aliphatic carbocycles. The molecule has 2 rings (SSSR count). The monoisotopic (exact) mass is 330 g/mol. The lowest BCUT2D eigenvalue weighted by Gasteiger charge is -2.30. The second-order valence-corrected chi connectivity index (χ2v) is 5.32. The van der Waals surface area contributed by atoms with Crippen molar-refractivity contribution >= 4 is 12.0 Å². The van der Waals surface area contributed by atoms with Crippen molar-refractivity contribution in [3.63, 3.8) is 0 Å². The van der Waals surface area contributed by atoms with Crippen LogP contribution in [0.1, 0.15) is 12.0 Å². The molecule has 0 spiro atoms. The molecule has 1 fully saturated rings. The van der Waals surface area contributed by atoms with Crippen LogP contribution in [0.15, 0.2) is 30.3 Å². The first-order valence-corrected chi connectivity index (χ1v) is 7.07. The van der Waals surface area contributed by atoms with Gasteiger partial charge in [0.1, 0.15) is 12.6 Å². The van der Waals surface area contributed by atoms with Gasteiger partial charge in [-0.25, -0.2) is 9.69 Å². The third kappa shape index (κ3) is 4.44. The van der Waals surface area contributed by atoms with Crippen LogP contribution in [0.25, 0.3) is 0 Å². The van der Waals surface area contributed by atoms with Crippen molar-refractivity contribution < 1.29 is 27.5 Å². The molecule has 126 valence electrons. The first-order chi connectivity index (χ1) is 10.8. The Hall–Kier alpha value is -2.09. The smallest absolute Gasteiger partial charge is 0.416 e. The molecule has 0 radical (unpaired) electrons. The number of hydrogen-bond donors (Lipinski definition) is 0. The molecule has 1 aromatic rings. The van der Waals surface area contributed by atoms with Crippen LogP contribution in [0.4, 0.5) is 18.0 Å². The predicted molar refractivity (Wildman–Crippen MR) is 75.4 cm³/mol. The lowest BCUT2D eigenvalue weighted by molar-refractivity contribution is -0.186. The summed E-state index contributed by atoms with van der Waals surface area (Å²) in [4.78, 5) is 25.0. The molecule has 0 saturated carbocycles. The highest BCUT2D eigenvalue weighted by atomic mass is 19.4. The minimum atomic E-state index is -4.58. The van der Waals surface area contributed by atoms with Gasteiger partial charge in [-0.2, -0.15) is 13.2 Å². The highest BCUT2D eigenvalue weighted by Crippen LogP contribution is 2.28. The molecule has 0 bridgehead atoms. The van der Waals surface area contributed by atoms with E-state index in [0.29, 0.717) is 5.56 Å². The van der Waals surface area contributed by atoms with Gasteiger partial charge >= 0.3 is 12.3 Å². The Morgan fingerprint density at radius 1 is 1.35 bits per heavy atom. The van der Waals surface area contributed by atoms with Crippen molar-refractivity contribution in [1.82, 2.24) is 9.80 Å². The van der Waals surface area contributed by atoms with Crippen LogP contribution < -0.4 is 0 Å². The predicted octanol–water partition coefficient (Wildman–Crippen LogP) is 2.42. The van der Waals surface area contributed by atoms with Crippen LogP contribution >= 0.6 is 0 Å². The number of benzene rings is 1. The number of alkyl halides is 3. The van der Waals surface area contributed by atoms with Crippen molar-refractivity contribution in [2.75, 3.05) is 20.2 Å². The average molecular weight is 330 g/mol. The topological polar surface area (TPSA) is 49.9 Å². The molecule has 23 heavy (non-hydrogen) atoms. The minimum absolute atomic E-state index is 0.00928. The molecule has 1 aromatic carbocycles. The average Bonchev–Trinajstić information content (AvgIpc) is 2.90. The highest BCUT2D eigenvalue weighted by Gasteiger charge is 2.45. The summed E-state index contributed by atoms with van der Waals surface area (Å²) < 4.78 is 44.4. The largest absolute Gasteiger partial charge is 0.447 e. The standard InChI is InChI=1S/C15H17F3N2O3/c1-19(10-11-5-3-2-4-6-11)12(15(16,17)18)9-13(21)20-7-8-23-14(20)22/h2-6,12H,7-10H2,1H3. The van der Waals surface area contributed by atoms with E-state index in [0.717, 1.165) is 9.80 Å². The number of hydrogen-bond acceptors (Lipinski definition) is 4. The van der Waals surface area contributed by atoms with Gasteiger partial charge < -0.3 is 4.74 Å². The van der Waals surface area contributed by atoms with E-state index in [1.165, 1.54) is 7.05 Å². The van der Waals surface area contributed by atoms with E-state index in [2.05, 4.69) is 4.74 Å².